The van der Waals surface area contributed by atoms with Crippen LogP contribution in [0.4, 0.5) is 4.39 Å². The lowest BCUT2D eigenvalue weighted by atomic mass is 10.1. The van der Waals surface area contributed by atoms with Crippen LogP contribution in [0.25, 0.3) is 10.4 Å². The average Bonchev–Trinajstić information content (AvgIpc) is 3.23. The molecule has 7 heteroatoms. The molecule has 0 fully saturated rings. The number of thiophene rings is 1. The zero-order chi connectivity index (χ0) is 20.6. The molecule has 0 atom stereocenters. The molecule has 3 rings (SSSR count). The highest BCUT2D eigenvalue weighted by atomic mass is 32.1. The maximum Gasteiger partial charge on any atom is 0.348 e. The van der Waals surface area contributed by atoms with Gasteiger partial charge in [0.2, 0.25) is 0 Å². The van der Waals surface area contributed by atoms with Gasteiger partial charge in [0, 0.05) is 11.4 Å². The van der Waals surface area contributed by atoms with E-state index in [0.717, 1.165) is 21.8 Å². The summed E-state index contributed by atoms with van der Waals surface area (Å²) in [5.74, 6) is -0.490. The summed E-state index contributed by atoms with van der Waals surface area (Å²) in [7, 11) is 1.60. The van der Waals surface area contributed by atoms with E-state index in [0.29, 0.717) is 17.8 Å². The molecule has 150 valence electrons. The number of para-hydroxylation sites is 1. The molecule has 0 unspecified atom stereocenters. The Labute approximate surface area is 172 Å². The fourth-order valence-corrected chi connectivity index (χ4v) is 3.62. The van der Waals surface area contributed by atoms with E-state index >= 15 is 0 Å². The average molecular weight is 413 g/mol. The normalized spacial score (nSPS) is 10.4. The first-order valence-corrected chi connectivity index (χ1v) is 9.80. The van der Waals surface area contributed by atoms with Gasteiger partial charge < -0.3 is 14.8 Å². The van der Waals surface area contributed by atoms with E-state index < -0.39 is 5.97 Å². The summed E-state index contributed by atoms with van der Waals surface area (Å²) in [5.41, 5.74) is 1.80. The van der Waals surface area contributed by atoms with Gasteiger partial charge in [0.25, 0.3) is 5.91 Å². The molecule has 0 aliphatic rings. The molecule has 0 spiro atoms. The Balaban J connectivity index is 1.45. The van der Waals surface area contributed by atoms with Crippen LogP contribution in [0.2, 0.25) is 0 Å². The van der Waals surface area contributed by atoms with Crippen molar-refractivity contribution in [3.8, 4) is 16.2 Å². The van der Waals surface area contributed by atoms with Gasteiger partial charge in [-0.3, -0.25) is 4.79 Å². The Hall–Kier alpha value is -3.19. The standard InChI is InChI=1S/C22H20FNO4S/c1-27-18-5-3-2-4-15(18)12-13-24-21(25)14-28-22(26)20-11-10-19(29-20)16-6-8-17(23)9-7-16/h2-11H,12-14H2,1H3,(H,24,25). The number of hydrogen-bond donors (Lipinski definition) is 1. The van der Waals surface area contributed by atoms with E-state index in [1.807, 2.05) is 24.3 Å². The van der Waals surface area contributed by atoms with Gasteiger partial charge >= 0.3 is 5.97 Å². The summed E-state index contributed by atoms with van der Waals surface area (Å²) >= 11 is 1.23. The summed E-state index contributed by atoms with van der Waals surface area (Å²) in [6, 6.07) is 17.0. The van der Waals surface area contributed by atoms with Gasteiger partial charge in [-0.05, 0) is 47.9 Å². The molecule has 29 heavy (non-hydrogen) atoms. The molecule has 0 aliphatic heterocycles. The molecule has 0 radical (unpaired) electrons. The maximum atomic E-state index is 13.0. The summed E-state index contributed by atoms with van der Waals surface area (Å²) in [4.78, 5) is 25.3. The summed E-state index contributed by atoms with van der Waals surface area (Å²) in [6.07, 6.45) is 0.607. The molecule has 1 aromatic heterocycles. The molecular weight excluding hydrogens is 393 g/mol. The number of ether oxygens (including phenoxy) is 2. The fraction of sp³-hybridized carbons (Fsp3) is 0.182. The molecule has 0 bridgehead atoms. The van der Waals surface area contributed by atoms with Gasteiger partial charge in [0.05, 0.1) is 7.11 Å². The first-order chi connectivity index (χ1) is 14.1. The van der Waals surface area contributed by atoms with Gasteiger partial charge in [-0.2, -0.15) is 0 Å². The third kappa shape index (κ3) is 5.65. The number of carbonyl (C=O) groups excluding carboxylic acids is 2. The first kappa shape index (κ1) is 20.5. The fourth-order valence-electron chi connectivity index (χ4n) is 2.72. The summed E-state index contributed by atoms with van der Waals surface area (Å²) < 4.78 is 23.4. The Bertz CT molecular complexity index is 984. The second-order valence-electron chi connectivity index (χ2n) is 6.16. The Kier molecular flexibility index (Phi) is 6.97. The number of methoxy groups -OCH3 is 1. The van der Waals surface area contributed by atoms with Crippen molar-refractivity contribution >= 4 is 23.2 Å². The van der Waals surface area contributed by atoms with Gasteiger partial charge in [0.1, 0.15) is 16.4 Å². The van der Waals surface area contributed by atoms with Crippen molar-refractivity contribution in [3.05, 3.63) is 76.9 Å². The predicted molar refractivity (Wildman–Crippen MR) is 110 cm³/mol. The van der Waals surface area contributed by atoms with Gasteiger partial charge in [-0.1, -0.05) is 30.3 Å². The highest BCUT2D eigenvalue weighted by Crippen LogP contribution is 2.28. The third-order valence-corrected chi connectivity index (χ3v) is 5.29. The molecule has 0 saturated heterocycles. The Morgan fingerprint density at radius 3 is 2.55 bits per heavy atom. The van der Waals surface area contributed by atoms with Crippen LogP contribution in [0.3, 0.4) is 0 Å². The molecule has 1 N–H and O–H groups in total. The highest BCUT2D eigenvalue weighted by molar-refractivity contribution is 7.17. The smallest absolute Gasteiger partial charge is 0.348 e. The minimum Gasteiger partial charge on any atom is -0.496 e. The van der Waals surface area contributed by atoms with Crippen molar-refractivity contribution in [1.82, 2.24) is 5.32 Å². The zero-order valence-corrected chi connectivity index (χ0v) is 16.6. The second-order valence-corrected chi connectivity index (χ2v) is 7.24. The third-order valence-electron chi connectivity index (χ3n) is 4.18. The minimum atomic E-state index is -0.566. The number of amides is 1. The minimum absolute atomic E-state index is 0.318. The highest BCUT2D eigenvalue weighted by Gasteiger charge is 2.14. The van der Waals surface area contributed by atoms with Gasteiger partial charge in [-0.15, -0.1) is 11.3 Å². The summed E-state index contributed by atoms with van der Waals surface area (Å²) in [5, 5.41) is 2.72. The molecule has 2 aromatic carbocycles. The largest absolute Gasteiger partial charge is 0.496 e. The van der Waals surface area contributed by atoms with Crippen molar-refractivity contribution in [2.75, 3.05) is 20.3 Å². The van der Waals surface area contributed by atoms with Crippen LogP contribution in [-0.4, -0.2) is 32.1 Å². The van der Waals surface area contributed by atoms with Crippen LogP contribution in [0.15, 0.2) is 60.7 Å². The number of hydrogen-bond acceptors (Lipinski definition) is 5. The van der Waals surface area contributed by atoms with E-state index in [4.69, 9.17) is 9.47 Å². The van der Waals surface area contributed by atoms with Crippen LogP contribution in [0, 0.1) is 5.82 Å². The lowest BCUT2D eigenvalue weighted by Crippen LogP contribution is -2.30. The van der Waals surface area contributed by atoms with E-state index in [9.17, 15) is 14.0 Å². The molecule has 0 aliphatic carbocycles. The van der Waals surface area contributed by atoms with Crippen LogP contribution < -0.4 is 10.1 Å². The monoisotopic (exact) mass is 413 g/mol. The number of halogens is 1. The van der Waals surface area contributed by atoms with E-state index in [2.05, 4.69) is 5.32 Å². The predicted octanol–water partition coefficient (Wildman–Crippen LogP) is 4.08. The Morgan fingerprint density at radius 1 is 1.03 bits per heavy atom. The van der Waals surface area contributed by atoms with Crippen LogP contribution in [-0.2, 0) is 16.0 Å². The van der Waals surface area contributed by atoms with Crippen LogP contribution in [0.5, 0.6) is 5.75 Å². The van der Waals surface area contributed by atoms with E-state index in [1.54, 1.807) is 31.4 Å². The molecule has 1 heterocycles. The molecule has 3 aromatic rings. The topological polar surface area (TPSA) is 64.6 Å². The van der Waals surface area contributed by atoms with Crippen LogP contribution in [0.1, 0.15) is 15.2 Å². The number of esters is 1. The van der Waals surface area contributed by atoms with E-state index in [-0.39, 0.29) is 18.3 Å². The Morgan fingerprint density at radius 2 is 1.79 bits per heavy atom. The number of carbonyl (C=O) groups is 2. The summed E-state index contributed by atoms with van der Waals surface area (Å²) in [6.45, 7) is 0.0546. The molecule has 1 amide bonds. The van der Waals surface area contributed by atoms with Crippen molar-refractivity contribution in [1.29, 1.82) is 0 Å². The van der Waals surface area contributed by atoms with Crippen LogP contribution >= 0.6 is 11.3 Å². The van der Waals surface area contributed by atoms with Crippen molar-refractivity contribution in [2.45, 2.75) is 6.42 Å². The number of benzene rings is 2. The van der Waals surface area contributed by atoms with Crippen molar-refractivity contribution in [3.63, 3.8) is 0 Å². The number of rotatable bonds is 8. The zero-order valence-electron chi connectivity index (χ0n) is 15.8. The molecule has 5 nitrogen and oxygen atoms in total. The van der Waals surface area contributed by atoms with Crippen molar-refractivity contribution in [2.24, 2.45) is 0 Å². The number of nitrogens with one attached hydrogen (secondary N) is 1. The lowest BCUT2D eigenvalue weighted by molar-refractivity contribution is -0.124. The SMILES string of the molecule is COc1ccccc1CCNC(=O)COC(=O)c1ccc(-c2ccc(F)cc2)s1. The molecular formula is C22H20FNO4S. The first-order valence-electron chi connectivity index (χ1n) is 8.98. The van der Waals surface area contributed by atoms with E-state index in [1.165, 1.54) is 23.5 Å². The second kappa shape index (κ2) is 9.84. The van der Waals surface area contributed by atoms with Gasteiger partial charge in [-0.25, -0.2) is 9.18 Å². The van der Waals surface area contributed by atoms with Gasteiger partial charge in [0.15, 0.2) is 6.61 Å². The maximum absolute atomic E-state index is 13.0. The lowest BCUT2D eigenvalue weighted by Gasteiger charge is -2.09. The molecule has 0 saturated carbocycles. The quantitative estimate of drug-likeness (QED) is 0.565. The van der Waals surface area contributed by atoms with Crippen molar-refractivity contribution < 1.29 is 23.5 Å².